The van der Waals surface area contributed by atoms with Crippen molar-refractivity contribution in [2.24, 2.45) is 0 Å². The smallest absolute Gasteiger partial charge is 0.256 e. The third-order valence-corrected chi connectivity index (χ3v) is 2.94. The molecule has 98 valence electrons. The summed E-state index contributed by atoms with van der Waals surface area (Å²) in [6, 6.07) is 8.80. The quantitative estimate of drug-likeness (QED) is 0.824. The van der Waals surface area contributed by atoms with Gasteiger partial charge >= 0.3 is 0 Å². The highest BCUT2D eigenvalue weighted by Crippen LogP contribution is 2.22. The van der Waals surface area contributed by atoms with Gasteiger partial charge in [0.1, 0.15) is 5.82 Å². The third-order valence-electron chi connectivity index (χ3n) is 2.71. The van der Waals surface area contributed by atoms with Crippen molar-refractivity contribution in [1.82, 2.24) is 0 Å². The number of hydrogen-bond donors (Lipinski definition) is 2. The number of carbonyl (C=O) groups excluding carboxylic acids is 1. The number of nitrogen functional groups attached to an aromatic ring is 1. The number of benzene rings is 2. The minimum absolute atomic E-state index is 0.240. The predicted octanol–water partition coefficient (Wildman–Crippen LogP) is 3.62. The van der Waals surface area contributed by atoms with Crippen LogP contribution in [0.25, 0.3) is 0 Å². The molecule has 0 aromatic heterocycles. The first-order valence-corrected chi connectivity index (χ1v) is 5.97. The Morgan fingerprint density at radius 2 is 2.00 bits per heavy atom. The topological polar surface area (TPSA) is 55.1 Å². The lowest BCUT2D eigenvalue weighted by Crippen LogP contribution is -2.14. The molecule has 3 N–H and O–H groups in total. The van der Waals surface area contributed by atoms with Crippen LogP contribution in [0.2, 0.25) is 5.02 Å². The van der Waals surface area contributed by atoms with Crippen LogP contribution in [0.4, 0.5) is 15.8 Å². The number of amides is 1. The number of nitrogens with two attached hydrogens (primary N) is 1. The SMILES string of the molecule is Cc1ccc(Cl)cc1C(=O)Nc1cc(F)ccc1N. The summed E-state index contributed by atoms with van der Waals surface area (Å²) in [5, 5.41) is 3.03. The van der Waals surface area contributed by atoms with Gasteiger partial charge in [-0.1, -0.05) is 17.7 Å². The van der Waals surface area contributed by atoms with Gasteiger partial charge in [-0.2, -0.15) is 0 Å². The zero-order valence-electron chi connectivity index (χ0n) is 10.2. The molecule has 19 heavy (non-hydrogen) atoms. The highest BCUT2D eigenvalue weighted by atomic mass is 35.5. The molecular formula is C14H12ClFN2O. The van der Waals surface area contributed by atoms with Crippen molar-refractivity contribution in [2.75, 3.05) is 11.1 Å². The van der Waals surface area contributed by atoms with Gasteiger partial charge in [-0.05, 0) is 42.8 Å². The first kappa shape index (κ1) is 13.4. The van der Waals surface area contributed by atoms with Gasteiger partial charge < -0.3 is 11.1 Å². The van der Waals surface area contributed by atoms with Crippen molar-refractivity contribution < 1.29 is 9.18 Å². The lowest BCUT2D eigenvalue weighted by Gasteiger charge is -2.10. The Bertz CT molecular complexity index is 643. The van der Waals surface area contributed by atoms with Crippen LogP contribution in [-0.2, 0) is 0 Å². The molecule has 0 aliphatic rings. The minimum Gasteiger partial charge on any atom is -0.397 e. The molecule has 0 saturated heterocycles. The van der Waals surface area contributed by atoms with E-state index in [1.54, 1.807) is 25.1 Å². The Morgan fingerprint density at radius 3 is 2.74 bits per heavy atom. The maximum atomic E-state index is 13.1. The summed E-state index contributed by atoms with van der Waals surface area (Å²) in [5.41, 5.74) is 7.42. The van der Waals surface area contributed by atoms with Gasteiger partial charge in [-0.15, -0.1) is 0 Å². The molecule has 3 nitrogen and oxygen atoms in total. The summed E-state index contributed by atoms with van der Waals surface area (Å²) in [5.74, 6) is -0.843. The number of halogens is 2. The molecule has 0 atom stereocenters. The fourth-order valence-electron chi connectivity index (χ4n) is 1.67. The molecule has 0 radical (unpaired) electrons. The molecule has 0 bridgehead atoms. The maximum Gasteiger partial charge on any atom is 0.256 e. The lowest BCUT2D eigenvalue weighted by atomic mass is 10.1. The van der Waals surface area contributed by atoms with Crippen molar-refractivity contribution in [3.63, 3.8) is 0 Å². The van der Waals surface area contributed by atoms with Crippen molar-refractivity contribution >= 4 is 28.9 Å². The van der Waals surface area contributed by atoms with Gasteiger partial charge in [0.25, 0.3) is 5.91 Å². The van der Waals surface area contributed by atoms with Gasteiger partial charge in [-0.3, -0.25) is 4.79 Å². The van der Waals surface area contributed by atoms with Gasteiger partial charge in [0.2, 0.25) is 0 Å². The lowest BCUT2D eigenvalue weighted by molar-refractivity contribution is 0.102. The molecule has 0 aliphatic heterocycles. The Labute approximate surface area is 115 Å². The first-order chi connectivity index (χ1) is 8.97. The third kappa shape index (κ3) is 3.03. The van der Waals surface area contributed by atoms with Crippen LogP contribution >= 0.6 is 11.6 Å². The molecular weight excluding hydrogens is 267 g/mol. The van der Waals surface area contributed by atoms with E-state index >= 15 is 0 Å². The van der Waals surface area contributed by atoms with Crippen molar-refractivity contribution in [3.05, 3.63) is 58.4 Å². The van der Waals surface area contributed by atoms with Crippen LogP contribution in [-0.4, -0.2) is 5.91 Å². The van der Waals surface area contributed by atoms with Crippen LogP contribution in [0.1, 0.15) is 15.9 Å². The summed E-state index contributed by atoms with van der Waals surface area (Å²) in [4.78, 5) is 12.1. The highest BCUT2D eigenvalue weighted by molar-refractivity contribution is 6.31. The molecule has 0 saturated carbocycles. The zero-order chi connectivity index (χ0) is 14.0. The van der Waals surface area contributed by atoms with Crippen molar-refractivity contribution in [2.45, 2.75) is 6.92 Å². The second-order valence-corrected chi connectivity index (χ2v) is 4.58. The van der Waals surface area contributed by atoms with E-state index in [9.17, 15) is 9.18 Å². The summed E-state index contributed by atoms with van der Waals surface area (Å²) in [7, 11) is 0. The van der Waals surface area contributed by atoms with E-state index in [4.69, 9.17) is 17.3 Å². The van der Waals surface area contributed by atoms with E-state index in [2.05, 4.69) is 5.32 Å². The Kier molecular flexibility index (Phi) is 3.71. The molecule has 0 spiro atoms. The minimum atomic E-state index is -0.465. The molecule has 2 aromatic carbocycles. The monoisotopic (exact) mass is 278 g/mol. The Hall–Kier alpha value is -2.07. The second kappa shape index (κ2) is 5.28. The standard InChI is InChI=1S/C14H12ClFN2O/c1-8-2-3-9(15)6-11(8)14(19)18-13-7-10(16)4-5-12(13)17/h2-7H,17H2,1H3,(H,18,19). The number of hydrogen-bond acceptors (Lipinski definition) is 2. The molecule has 0 fully saturated rings. The van der Waals surface area contributed by atoms with Gasteiger partial charge in [0.15, 0.2) is 0 Å². The van der Waals surface area contributed by atoms with E-state index in [0.29, 0.717) is 16.3 Å². The molecule has 0 unspecified atom stereocenters. The normalized spacial score (nSPS) is 10.3. The van der Waals surface area contributed by atoms with E-state index in [0.717, 1.165) is 5.56 Å². The van der Waals surface area contributed by atoms with Crippen LogP contribution < -0.4 is 11.1 Å². The van der Waals surface area contributed by atoms with Gasteiger partial charge in [0, 0.05) is 10.6 Å². The zero-order valence-corrected chi connectivity index (χ0v) is 11.0. The number of rotatable bonds is 2. The molecule has 0 aliphatic carbocycles. The van der Waals surface area contributed by atoms with E-state index in [-0.39, 0.29) is 11.6 Å². The Balaban J connectivity index is 2.30. The fraction of sp³-hybridized carbons (Fsp3) is 0.0714. The average Bonchev–Trinajstić information content (AvgIpc) is 2.36. The number of aryl methyl sites for hydroxylation is 1. The van der Waals surface area contributed by atoms with Crippen molar-refractivity contribution in [1.29, 1.82) is 0 Å². The van der Waals surface area contributed by atoms with E-state index in [1.165, 1.54) is 18.2 Å². The number of anilines is 2. The molecule has 0 heterocycles. The molecule has 2 rings (SSSR count). The predicted molar refractivity (Wildman–Crippen MR) is 75.0 cm³/mol. The Morgan fingerprint density at radius 1 is 1.26 bits per heavy atom. The molecule has 2 aromatic rings. The summed E-state index contributed by atoms with van der Waals surface area (Å²) in [6.07, 6.45) is 0. The van der Waals surface area contributed by atoms with Gasteiger partial charge in [0.05, 0.1) is 11.4 Å². The van der Waals surface area contributed by atoms with Crippen LogP contribution in [0.15, 0.2) is 36.4 Å². The van der Waals surface area contributed by atoms with Crippen LogP contribution in [0.5, 0.6) is 0 Å². The largest absolute Gasteiger partial charge is 0.397 e. The summed E-state index contributed by atoms with van der Waals surface area (Å²) < 4.78 is 13.1. The van der Waals surface area contributed by atoms with Crippen molar-refractivity contribution in [3.8, 4) is 0 Å². The van der Waals surface area contributed by atoms with Gasteiger partial charge in [-0.25, -0.2) is 4.39 Å². The number of carbonyl (C=O) groups is 1. The van der Waals surface area contributed by atoms with Crippen LogP contribution in [0, 0.1) is 12.7 Å². The highest BCUT2D eigenvalue weighted by Gasteiger charge is 2.11. The molecule has 5 heteroatoms. The van der Waals surface area contributed by atoms with Crippen LogP contribution in [0.3, 0.4) is 0 Å². The molecule has 1 amide bonds. The first-order valence-electron chi connectivity index (χ1n) is 5.60. The fourth-order valence-corrected chi connectivity index (χ4v) is 1.84. The summed E-state index contributed by atoms with van der Waals surface area (Å²) in [6.45, 7) is 1.79. The van der Waals surface area contributed by atoms with E-state index < -0.39 is 5.82 Å². The number of nitrogens with one attached hydrogen (secondary N) is 1. The average molecular weight is 279 g/mol. The summed E-state index contributed by atoms with van der Waals surface area (Å²) >= 11 is 5.86. The second-order valence-electron chi connectivity index (χ2n) is 4.14. The van der Waals surface area contributed by atoms with E-state index in [1.807, 2.05) is 0 Å². The maximum absolute atomic E-state index is 13.1.